The summed E-state index contributed by atoms with van der Waals surface area (Å²) in [6, 6.07) is 34.9. The largest absolute Gasteiger partial charge is 0.478 e. The molecule has 0 amide bonds. The summed E-state index contributed by atoms with van der Waals surface area (Å²) in [5.41, 5.74) is 6.59. The molecule has 256 valence electrons. The topological polar surface area (TPSA) is 88.4 Å². The van der Waals surface area contributed by atoms with Crippen molar-refractivity contribution in [3.05, 3.63) is 170 Å². The van der Waals surface area contributed by atoms with E-state index in [4.69, 9.17) is 23.2 Å². The van der Waals surface area contributed by atoms with Crippen LogP contribution < -0.4 is 4.72 Å². The van der Waals surface area contributed by atoms with Crippen molar-refractivity contribution in [2.45, 2.75) is 43.5 Å². The Morgan fingerprint density at radius 1 is 0.840 bits per heavy atom. The summed E-state index contributed by atoms with van der Waals surface area (Å²) in [6.45, 7) is 1.59. The lowest BCUT2D eigenvalue weighted by molar-refractivity contribution is 0.0697. The zero-order valence-corrected chi connectivity index (χ0v) is 29.6. The maximum absolute atomic E-state index is 14.3. The van der Waals surface area contributed by atoms with Gasteiger partial charge in [0.25, 0.3) is 0 Å². The number of fused-ring (bicyclic) bond motifs is 1. The first-order valence-electron chi connectivity index (χ1n) is 16.2. The van der Waals surface area contributed by atoms with E-state index in [1.54, 1.807) is 19.1 Å². The number of rotatable bonds is 13. The third kappa shape index (κ3) is 7.64. The van der Waals surface area contributed by atoms with Crippen LogP contribution in [0, 0.1) is 12.7 Å². The first-order valence-corrected chi connectivity index (χ1v) is 18.5. The van der Waals surface area contributed by atoms with Gasteiger partial charge in [0.05, 0.1) is 16.5 Å². The molecule has 0 aliphatic carbocycles. The molecule has 6 aromatic rings. The molecule has 0 radical (unpaired) electrons. The van der Waals surface area contributed by atoms with Gasteiger partial charge >= 0.3 is 5.97 Å². The summed E-state index contributed by atoms with van der Waals surface area (Å²) >= 11 is 12.8. The minimum absolute atomic E-state index is 0.0378. The molecule has 0 bridgehead atoms. The van der Waals surface area contributed by atoms with Gasteiger partial charge in [-0.25, -0.2) is 22.3 Å². The number of nitrogens with one attached hydrogen (secondary N) is 1. The van der Waals surface area contributed by atoms with E-state index in [1.807, 2.05) is 66.7 Å². The van der Waals surface area contributed by atoms with Crippen molar-refractivity contribution in [3.63, 3.8) is 0 Å². The van der Waals surface area contributed by atoms with Crippen LogP contribution in [0.5, 0.6) is 0 Å². The fourth-order valence-corrected chi connectivity index (χ4v) is 8.32. The van der Waals surface area contributed by atoms with Crippen molar-refractivity contribution in [1.29, 1.82) is 0 Å². The highest BCUT2D eigenvalue weighted by molar-refractivity contribution is 7.89. The monoisotopic (exact) mass is 728 g/mol. The second-order valence-corrected chi connectivity index (χ2v) is 14.8. The van der Waals surface area contributed by atoms with Crippen LogP contribution >= 0.6 is 23.2 Å². The normalized spacial score (nSPS) is 11.8. The Morgan fingerprint density at radius 3 is 2.10 bits per heavy atom. The molecule has 2 N–H and O–H groups in total. The molecule has 0 saturated heterocycles. The van der Waals surface area contributed by atoms with Gasteiger partial charge in [0.2, 0.25) is 10.0 Å². The van der Waals surface area contributed by atoms with E-state index in [0.717, 1.165) is 57.4 Å². The Hall–Kier alpha value is -4.47. The highest BCUT2D eigenvalue weighted by Gasteiger charge is 2.26. The van der Waals surface area contributed by atoms with Crippen LogP contribution in [-0.4, -0.2) is 30.6 Å². The van der Waals surface area contributed by atoms with Gasteiger partial charge in [0, 0.05) is 39.6 Å². The number of aryl methyl sites for hydroxylation is 2. The number of hydrogen-bond donors (Lipinski definition) is 2. The number of benzene rings is 5. The van der Waals surface area contributed by atoms with Crippen molar-refractivity contribution in [2.24, 2.45) is 0 Å². The van der Waals surface area contributed by atoms with E-state index in [0.29, 0.717) is 24.3 Å². The lowest BCUT2D eigenvalue weighted by Crippen LogP contribution is -2.28. The van der Waals surface area contributed by atoms with E-state index >= 15 is 0 Å². The zero-order chi connectivity index (χ0) is 35.4. The van der Waals surface area contributed by atoms with Crippen LogP contribution in [0.25, 0.3) is 10.9 Å². The lowest BCUT2D eigenvalue weighted by Gasteiger charge is -2.25. The number of aromatic nitrogens is 1. The number of halogens is 3. The van der Waals surface area contributed by atoms with Gasteiger partial charge in [0.1, 0.15) is 5.82 Å². The zero-order valence-electron chi connectivity index (χ0n) is 27.2. The molecule has 1 aromatic heterocycles. The van der Waals surface area contributed by atoms with Crippen molar-refractivity contribution >= 4 is 50.1 Å². The molecule has 1 heterocycles. The molecular weight excluding hydrogens is 694 g/mol. The molecule has 0 aliphatic rings. The first kappa shape index (κ1) is 35.4. The fourth-order valence-electron chi connectivity index (χ4n) is 6.58. The fraction of sp³-hybridized carbons (Fsp3) is 0.175. The van der Waals surface area contributed by atoms with Crippen molar-refractivity contribution < 1.29 is 22.7 Å². The molecule has 5 aromatic carbocycles. The van der Waals surface area contributed by atoms with Crippen molar-refractivity contribution in [2.75, 3.05) is 6.54 Å². The first-order chi connectivity index (χ1) is 24.0. The van der Waals surface area contributed by atoms with E-state index in [1.165, 1.54) is 0 Å². The Bertz CT molecular complexity index is 2220. The second kappa shape index (κ2) is 15.2. The van der Waals surface area contributed by atoms with Gasteiger partial charge in [-0.15, -0.1) is 0 Å². The molecule has 50 heavy (non-hydrogen) atoms. The number of hydrogen-bond acceptors (Lipinski definition) is 3. The molecule has 0 aliphatic heterocycles. The molecule has 6 nitrogen and oxygen atoms in total. The van der Waals surface area contributed by atoms with E-state index in [2.05, 4.69) is 33.6 Å². The van der Waals surface area contributed by atoms with Crippen LogP contribution in [0.3, 0.4) is 0 Å². The number of carboxylic acid groups (broad SMARTS) is 1. The molecule has 0 saturated carbocycles. The summed E-state index contributed by atoms with van der Waals surface area (Å²) < 4.78 is 46.3. The quantitative estimate of drug-likeness (QED) is 0.124. The highest BCUT2D eigenvalue weighted by Crippen LogP contribution is 2.38. The average Bonchev–Trinajstić information content (AvgIpc) is 3.39. The summed E-state index contributed by atoms with van der Waals surface area (Å²) in [4.78, 5) is 11.2. The molecule has 0 spiro atoms. The average molecular weight is 730 g/mol. The summed E-state index contributed by atoms with van der Waals surface area (Å²) in [7, 11) is -4.10. The van der Waals surface area contributed by atoms with Gasteiger partial charge in [-0.1, -0.05) is 96.0 Å². The Morgan fingerprint density at radius 2 is 1.48 bits per heavy atom. The minimum atomic E-state index is -4.10. The van der Waals surface area contributed by atoms with Crippen LogP contribution in [0.4, 0.5) is 4.39 Å². The van der Waals surface area contributed by atoms with E-state index < -0.39 is 21.8 Å². The smallest absolute Gasteiger partial charge is 0.335 e. The minimum Gasteiger partial charge on any atom is -0.478 e. The number of carboxylic acids is 1. The SMILES string of the molecule is Cc1c(Cl)cc(F)cc1S(=O)(=O)NCCc1c(CCCc2ccc(C(=O)O)cc2)c2cc(Cl)ccc2n1C(c1ccccc1)c1ccccc1. The molecule has 0 fully saturated rings. The molecule has 0 atom stereocenters. The standard InChI is InChI=1S/C40H35Cl2FN2O4S/c1-26-35(42)24-32(43)25-38(26)50(48,49)44-22-21-37-33(14-8-9-27-15-17-30(18-16-27)40(46)47)34-23-31(41)19-20-36(34)45(37)39(28-10-4-2-5-11-28)29-12-6-3-7-13-29/h2-7,10-13,15-20,23-25,39,44H,8-9,14,21-22H2,1H3,(H,46,47). The molecule has 6 rings (SSSR count). The summed E-state index contributed by atoms with van der Waals surface area (Å²) in [5.74, 6) is -1.70. The van der Waals surface area contributed by atoms with Crippen LogP contribution in [-0.2, 0) is 29.3 Å². The number of aromatic carboxylic acids is 1. The Labute approximate surface area is 301 Å². The van der Waals surface area contributed by atoms with E-state index in [-0.39, 0.29) is 33.6 Å². The van der Waals surface area contributed by atoms with Crippen LogP contribution in [0.2, 0.25) is 10.0 Å². The predicted octanol–water partition coefficient (Wildman–Crippen LogP) is 9.43. The maximum atomic E-state index is 14.3. The molecular formula is C40H35Cl2FN2O4S. The lowest BCUT2D eigenvalue weighted by atomic mass is 9.97. The van der Waals surface area contributed by atoms with Gasteiger partial charge in [-0.2, -0.15) is 0 Å². The summed E-state index contributed by atoms with van der Waals surface area (Å²) in [6.07, 6.45) is 2.44. The van der Waals surface area contributed by atoms with Gasteiger partial charge in [-0.3, -0.25) is 0 Å². The Kier molecular flexibility index (Phi) is 10.7. The number of sulfonamides is 1. The Balaban J connectivity index is 1.44. The van der Waals surface area contributed by atoms with Crippen LogP contribution in [0.1, 0.15) is 56.3 Å². The van der Waals surface area contributed by atoms with Crippen molar-refractivity contribution in [1.82, 2.24) is 9.29 Å². The maximum Gasteiger partial charge on any atom is 0.335 e. The third-order valence-electron chi connectivity index (χ3n) is 8.97. The second-order valence-electron chi connectivity index (χ2n) is 12.2. The van der Waals surface area contributed by atoms with Gasteiger partial charge in [0.15, 0.2) is 0 Å². The van der Waals surface area contributed by atoms with Gasteiger partial charge < -0.3 is 9.67 Å². The molecule has 0 unspecified atom stereocenters. The third-order valence-corrected chi connectivity index (χ3v) is 11.2. The van der Waals surface area contributed by atoms with E-state index in [9.17, 15) is 22.7 Å². The van der Waals surface area contributed by atoms with Crippen molar-refractivity contribution in [3.8, 4) is 0 Å². The summed E-state index contributed by atoms with van der Waals surface area (Å²) in [5, 5.41) is 10.9. The molecule has 10 heteroatoms. The number of carbonyl (C=O) groups is 1. The van der Waals surface area contributed by atoms with Crippen LogP contribution in [0.15, 0.2) is 120 Å². The van der Waals surface area contributed by atoms with Gasteiger partial charge in [-0.05, 0) is 96.5 Å². The number of nitrogens with zero attached hydrogens (tertiary/aromatic N) is 1. The highest BCUT2D eigenvalue weighted by atomic mass is 35.5. The predicted molar refractivity (Wildman–Crippen MR) is 198 cm³/mol.